The fourth-order valence-corrected chi connectivity index (χ4v) is 2.71. The van der Waals surface area contributed by atoms with Crippen molar-refractivity contribution in [1.82, 2.24) is 15.6 Å². The van der Waals surface area contributed by atoms with Gasteiger partial charge in [0.15, 0.2) is 0 Å². The van der Waals surface area contributed by atoms with Crippen LogP contribution in [0, 0.1) is 0 Å². The maximum absolute atomic E-state index is 12.8. The Hall–Kier alpha value is -3.47. The molecule has 3 aromatic rings. The minimum atomic E-state index is -0.761. The fourth-order valence-electron chi connectivity index (χ4n) is 2.71. The zero-order valence-corrected chi connectivity index (χ0v) is 14.8. The Labute approximate surface area is 158 Å². The molecule has 0 spiro atoms. The van der Waals surface area contributed by atoms with Gasteiger partial charge in [0.25, 0.3) is 5.91 Å². The van der Waals surface area contributed by atoms with E-state index in [2.05, 4.69) is 15.6 Å². The lowest BCUT2D eigenvalue weighted by molar-refractivity contribution is -0.123. The second-order valence-corrected chi connectivity index (χ2v) is 6.05. The molecule has 0 saturated heterocycles. The van der Waals surface area contributed by atoms with E-state index in [1.54, 1.807) is 30.5 Å². The van der Waals surface area contributed by atoms with E-state index in [4.69, 9.17) is 0 Å². The lowest BCUT2D eigenvalue weighted by Crippen LogP contribution is -2.41. The van der Waals surface area contributed by atoms with E-state index in [0.29, 0.717) is 18.5 Å². The number of carbonyl (C=O) groups excluding carboxylic acids is 2. The van der Waals surface area contributed by atoms with E-state index in [-0.39, 0.29) is 11.8 Å². The standard InChI is InChI=1S/C22H21N3O2/c26-21(18-11-5-2-6-12-18)25-20(17-9-3-1-4-10-17)22(27)24-16-14-19-13-7-8-15-23-19/h1-13,15,20H,14,16H2,(H,24,27)(H,25,26). The molecule has 2 N–H and O–H groups in total. The van der Waals surface area contributed by atoms with Crippen LogP contribution in [0.4, 0.5) is 0 Å². The molecule has 27 heavy (non-hydrogen) atoms. The highest BCUT2D eigenvalue weighted by molar-refractivity contribution is 5.97. The minimum Gasteiger partial charge on any atom is -0.354 e. The Bertz CT molecular complexity index is 868. The molecule has 3 rings (SSSR count). The largest absolute Gasteiger partial charge is 0.354 e. The summed E-state index contributed by atoms with van der Waals surface area (Å²) < 4.78 is 0. The van der Waals surface area contributed by atoms with Crippen LogP contribution in [0.5, 0.6) is 0 Å². The van der Waals surface area contributed by atoms with Crippen LogP contribution in [0.1, 0.15) is 27.7 Å². The highest BCUT2D eigenvalue weighted by Crippen LogP contribution is 2.14. The summed E-state index contributed by atoms with van der Waals surface area (Å²) in [6.07, 6.45) is 2.35. The van der Waals surface area contributed by atoms with Crippen LogP contribution in [0.2, 0.25) is 0 Å². The summed E-state index contributed by atoms with van der Waals surface area (Å²) in [5.41, 5.74) is 2.15. The summed E-state index contributed by atoms with van der Waals surface area (Å²) >= 11 is 0. The van der Waals surface area contributed by atoms with Gasteiger partial charge in [-0.3, -0.25) is 14.6 Å². The predicted molar refractivity (Wildman–Crippen MR) is 104 cm³/mol. The van der Waals surface area contributed by atoms with Crippen LogP contribution >= 0.6 is 0 Å². The number of nitrogens with zero attached hydrogens (tertiary/aromatic N) is 1. The van der Waals surface area contributed by atoms with Gasteiger partial charge in [0.05, 0.1) is 0 Å². The third kappa shape index (κ3) is 5.25. The average molecular weight is 359 g/mol. The number of hydrogen-bond donors (Lipinski definition) is 2. The fraction of sp³-hybridized carbons (Fsp3) is 0.136. The highest BCUT2D eigenvalue weighted by Gasteiger charge is 2.22. The molecule has 1 unspecified atom stereocenters. The van der Waals surface area contributed by atoms with Gasteiger partial charge in [-0.15, -0.1) is 0 Å². The number of rotatable bonds is 7. The number of amides is 2. The topological polar surface area (TPSA) is 71.1 Å². The van der Waals surface area contributed by atoms with Gasteiger partial charge in [-0.2, -0.15) is 0 Å². The van der Waals surface area contributed by atoms with Crippen LogP contribution < -0.4 is 10.6 Å². The summed E-state index contributed by atoms with van der Waals surface area (Å²) in [5, 5.41) is 5.72. The Morgan fingerprint density at radius 1 is 0.852 bits per heavy atom. The first kappa shape index (κ1) is 18.3. The van der Waals surface area contributed by atoms with Crippen molar-refractivity contribution in [3.8, 4) is 0 Å². The van der Waals surface area contributed by atoms with E-state index in [0.717, 1.165) is 11.3 Å². The van der Waals surface area contributed by atoms with E-state index < -0.39 is 6.04 Å². The van der Waals surface area contributed by atoms with Crippen LogP contribution in [0.15, 0.2) is 85.1 Å². The van der Waals surface area contributed by atoms with Gasteiger partial charge in [0.1, 0.15) is 6.04 Å². The zero-order chi connectivity index (χ0) is 18.9. The maximum atomic E-state index is 12.8. The summed E-state index contributed by atoms with van der Waals surface area (Å²) in [4.78, 5) is 29.5. The number of benzene rings is 2. The molecule has 5 heteroatoms. The zero-order valence-electron chi connectivity index (χ0n) is 14.8. The molecule has 2 amide bonds. The molecule has 2 aromatic carbocycles. The third-order valence-electron chi connectivity index (χ3n) is 4.11. The van der Waals surface area contributed by atoms with Crippen molar-refractivity contribution in [2.45, 2.75) is 12.5 Å². The van der Waals surface area contributed by atoms with Crippen molar-refractivity contribution >= 4 is 11.8 Å². The number of nitrogens with one attached hydrogen (secondary N) is 2. The molecule has 1 atom stereocenters. The summed E-state index contributed by atoms with van der Waals surface area (Å²) in [6, 6.07) is 23.0. The second kappa shape index (κ2) is 9.29. The quantitative estimate of drug-likeness (QED) is 0.681. The molecule has 0 aliphatic carbocycles. The molecule has 0 aliphatic heterocycles. The van der Waals surface area contributed by atoms with Gasteiger partial charge in [-0.05, 0) is 29.8 Å². The lowest BCUT2D eigenvalue weighted by Gasteiger charge is -2.19. The molecule has 0 radical (unpaired) electrons. The van der Waals surface area contributed by atoms with Gasteiger partial charge in [-0.1, -0.05) is 54.6 Å². The molecule has 136 valence electrons. The summed E-state index contributed by atoms with van der Waals surface area (Å²) in [5.74, 6) is -0.536. The van der Waals surface area contributed by atoms with Crippen LogP contribution in [0.25, 0.3) is 0 Å². The maximum Gasteiger partial charge on any atom is 0.252 e. The first-order valence-electron chi connectivity index (χ1n) is 8.82. The monoisotopic (exact) mass is 359 g/mol. The van der Waals surface area contributed by atoms with Gasteiger partial charge in [-0.25, -0.2) is 0 Å². The molecule has 0 fully saturated rings. The highest BCUT2D eigenvalue weighted by atomic mass is 16.2. The molecule has 0 aliphatic rings. The molecular formula is C22H21N3O2. The number of hydrogen-bond acceptors (Lipinski definition) is 3. The minimum absolute atomic E-state index is 0.249. The van der Waals surface area contributed by atoms with Crippen molar-refractivity contribution in [1.29, 1.82) is 0 Å². The number of aromatic nitrogens is 1. The van der Waals surface area contributed by atoms with Crippen LogP contribution in [-0.4, -0.2) is 23.3 Å². The summed E-state index contributed by atoms with van der Waals surface area (Å²) in [6.45, 7) is 0.445. The smallest absolute Gasteiger partial charge is 0.252 e. The SMILES string of the molecule is O=C(NC(C(=O)NCCc1ccccn1)c1ccccc1)c1ccccc1. The normalized spacial score (nSPS) is 11.4. The first-order valence-corrected chi connectivity index (χ1v) is 8.82. The van der Waals surface area contributed by atoms with Crippen LogP contribution in [-0.2, 0) is 11.2 Å². The van der Waals surface area contributed by atoms with Crippen LogP contribution in [0.3, 0.4) is 0 Å². The number of pyridine rings is 1. The number of carbonyl (C=O) groups is 2. The molecule has 5 nitrogen and oxygen atoms in total. The van der Waals surface area contributed by atoms with Crippen molar-refractivity contribution in [2.75, 3.05) is 6.54 Å². The van der Waals surface area contributed by atoms with Crippen molar-refractivity contribution in [3.05, 3.63) is 102 Å². The van der Waals surface area contributed by atoms with Gasteiger partial charge >= 0.3 is 0 Å². The van der Waals surface area contributed by atoms with Crippen molar-refractivity contribution in [3.63, 3.8) is 0 Å². The lowest BCUT2D eigenvalue weighted by atomic mass is 10.1. The summed E-state index contributed by atoms with van der Waals surface area (Å²) in [7, 11) is 0. The predicted octanol–water partition coefficient (Wildman–Crippen LogP) is 2.91. The molecule has 0 saturated carbocycles. The van der Waals surface area contributed by atoms with Crippen molar-refractivity contribution < 1.29 is 9.59 Å². The van der Waals surface area contributed by atoms with E-state index in [9.17, 15) is 9.59 Å². The molecular weight excluding hydrogens is 338 g/mol. The molecule has 0 bridgehead atoms. The van der Waals surface area contributed by atoms with Gasteiger partial charge in [0.2, 0.25) is 5.91 Å². The second-order valence-electron chi connectivity index (χ2n) is 6.05. The third-order valence-corrected chi connectivity index (χ3v) is 4.11. The van der Waals surface area contributed by atoms with Gasteiger partial charge < -0.3 is 10.6 Å². The first-order chi connectivity index (χ1) is 13.2. The van der Waals surface area contributed by atoms with Crippen molar-refractivity contribution in [2.24, 2.45) is 0 Å². The average Bonchev–Trinajstić information content (AvgIpc) is 2.74. The molecule has 1 heterocycles. The van der Waals surface area contributed by atoms with E-state index in [1.807, 2.05) is 54.6 Å². The Balaban J connectivity index is 1.68. The molecule has 1 aromatic heterocycles. The van der Waals surface area contributed by atoms with E-state index in [1.165, 1.54) is 0 Å². The Morgan fingerprint density at radius 3 is 2.19 bits per heavy atom. The van der Waals surface area contributed by atoms with E-state index >= 15 is 0 Å². The Morgan fingerprint density at radius 2 is 1.52 bits per heavy atom. The Kier molecular flexibility index (Phi) is 6.30. The van der Waals surface area contributed by atoms with Gasteiger partial charge in [0, 0.05) is 30.4 Å².